The number of nitrogen functional groups attached to an aromatic ring is 2. The van der Waals surface area contributed by atoms with E-state index in [2.05, 4.69) is 15.0 Å². The van der Waals surface area contributed by atoms with Gasteiger partial charge in [0.15, 0.2) is 5.82 Å². The lowest BCUT2D eigenvalue weighted by Crippen LogP contribution is -2.31. The fourth-order valence-corrected chi connectivity index (χ4v) is 6.36. The predicted octanol–water partition coefficient (Wildman–Crippen LogP) is 6.21. The van der Waals surface area contributed by atoms with Crippen LogP contribution in [0.2, 0.25) is 0 Å². The molecule has 220 valence electrons. The zero-order chi connectivity index (χ0) is 30.8. The number of pyridine rings is 1. The van der Waals surface area contributed by atoms with Crippen LogP contribution in [0.3, 0.4) is 0 Å². The molecule has 9 nitrogen and oxygen atoms in total. The second-order valence-corrected chi connectivity index (χ2v) is 10.7. The lowest BCUT2D eigenvalue weighted by molar-refractivity contribution is -0.138. The minimum Gasteiger partial charge on any atom is -0.490 e. The number of benzene rings is 2. The molecule has 0 fully saturated rings. The van der Waals surface area contributed by atoms with Crippen molar-refractivity contribution in [1.82, 2.24) is 15.0 Å². The minimum atomic E-state index is -5.26. The molecule has 0 aliphatic carbocycles. The molecule has 4 heterocycles. The first-order valence-electron chi connectivity index (χ1n) is 12.7. The zero-order valence-corrected chi connectivity index (χ0v) is 23.2. The largest absolute Gasteiger partial charge is 0.490 e. The topological polar surface area (TPSA) is 136 Å². The van der Waals surface area contributed by atoms with Crippen LogP contribution in [0.1, 0.15) is 29.7 Å². The van der Waals surface area contributed by atoms with E-state index < -0.39 is 51.8 Å². The van der Waals surface area contributed by atoms with Crippen molar-refractivity contribution < 1.29 is 31.4 Å². The van der Waals surface area contributed by atoms with Gasteiger partial charge < -0.3 is 25.8 Å². The van der Waals surface area contributed by atoms with Crippen LogP contribution in [-0.4, -0.2) is 35.2 Å². The van der Waals surface area contributed by atoms with Crippen molar-refractivity contribution in [3.63, 3.8) is 0 Å². The number of fused-ring (bicyclic) bond motifs is 1. The van der Waals surface area contributed by atoms with Gasteiger partial charge in [-0.05, 0) is 25.1 Å². The first-order chi connectivity index (χ1) is 20.5. The number of hydrogen-bond acceptors (Lipinski definition) is 10. The average Bonchev–Trinajstić information content (AvgIpc) is 3.17. The van der Waals surface area contributed by atoms with Crippen molar-refractivity contribution >= 4 is 49.0 Å². The Labute approximate surface area is 244 Å². The maximum Gasteiger partial charge on any atom is 0.420 e. The number of halogens is 5. The van der Waals surface area contributed by atoms with Crippen LogP contribution in [0.5, 0.6) is 11.8 Å². The summed E-state index contributed by atoms with van der Waals surface area (Å²) in [6.45, 7) is 1.43. The van der Waals surface area contributed by atoms with Crippen LogP contribution in [0.4, 0.5) is 38.6 Å². The molecule has 0 bridgehead atoms. The number of thiophene rings is 1. The molecule has 0 saturated heterocycles. The SMILES string of the molecule is COc1nc2c3c(c(C(F)(F)F)c(-c4c(F)ccc5sc(N)c(C#N)c45)c(F)c3n1)OCCN2[C@H](C)c1cccnc1N. The molecule has 5 aromatic rings. The van der Waals surface area contributed by atoms with Crippen LogP contribution in [0.25, 0.3) is 32.1 Å². The zero-order valence-electron chi connectivity index (χ0n) is 22.4. The minimum absolute atomic E-state index is 0.00269. The van der Waals surface area contributed by atoms with Crippen molar-refractivity contribution in [2.45, 2.75) is 19.1 Å². The number of alkyl halides is 3. The Kier molecular flexibility index (Phi) is 6.61. The van der Waals surface area contributed by atoms with Crippen LogP contribution >= 0.6 is 11.3 Å². The van der Waals surface area contributed by atoms with E-state index in [0.29, 0.717) is 5.56 Å². The van der Waals surface area contributed by atoms with E-state index in [4.69, 9.17) is 20.9 Å². The Bertz CT molecular complexity index is 1990. The monoisotopic (exact) mass is 613 g/mol. The summed E-state index contributed by atoms with van der Waals surface area (Å²) in [5.74, 6) is -3.43. The lowest BCUT2D eigenvalue weighted by atomic mass is 9.91. The molecule has 1 atom stereocenters. The van der Waals surface area contributed by atoms with Gasteiger partial charge in [-0.3, -0.25) is 0 Å². The molecule has 0 radical (unpaired) electrons. The molecule has 3 aromatic heterocycles. The van der Waals surface area contributed by atoms with Gasteiger partial charge >= 0.3 is 12.2 Å². The third-order valence-corrected chi connectivity index (χ3v) is 8.28. The van der Waals surface area contributed by atoms with Crippen LogP contribution < -0.4 is 25.8 Å². The number of hydrogen-bond donors (Lipinski definition) is 2. The maximum absolute atomic E-state index is 16.8. The third kappa shape index (κ3) is 4.28. The third-order valence-electron chi connectivity index (χ3n) is 7.30. The Balaban J connectivity index is 1.78. The van der Waals surface area contributed by atoms with Crippen LogP contribution in [0.15, 0.2) is 30.5 Å². The quantitative estimate of drug-likeness (QED) is 0.227. The number of nitriles is 1. The number of aromatic nitrogens is 3. The van der Waals surface area contributed by atoms with Gasteiger partial charge in [-0.25, -0.2) is 13.8 Å². The second kappa shape index (κ2) is 10.1. The number of ether oxygens (including phenoxy) is 2. The summed E-state index contributed by atoms with van der Waals surface area (Å²) >= 11 is 0.865. The Morgan fingerprint density at radius 3 is 2.58 bits per heavy atom. The summed E-state index contributed by atoms with van der Waals surface area (Å²) in [5.41, 5.74) is 8.15. The van der Waals surface area contributed by atoms with E-state index in [1.807, 2.05) is 0 Å². The van der Waals surface area contributed by atoms with Gasteiger partial charge in [0, 0.05) is 33.0 Å². The summed E-state index contributed by atoms with van der Waals surface area (Å²) in [6.07, 6.45) is -3.77. The first-order valence-corrected chi connectivity index (χ1v) is 13.5. The highest BCUT2D eigenvalue weighted by molar-refractivity contribution is 7.23. The molecule has 6 rings (SSSR count). The summed E-state index contributed by atoms with van der Waals surface area (Å²) < 4.78 is 88.7. The molecular weight excluding hydrogens is 593 g/mol. The molecule has 0 saturated carbocycles. The van der Waals surface area contributed by atoms with Gasteiger partial charge in [0.05, 0.1) is 30.6 Å². The molecule has 43 heavy (non-hydrogen) atoms. The number of nitrogens with zero attached hydrogens (tertiary/aromatic N) is 5. The fraction of sp³-hybridized carbons (Fsp3) is 0.214. The molecule has 4 N–H and O–H groups in total. The Morgan fingerprint density at radius 2 is 1.91 bits per heavy atom. The number of nitrogens with two attached hydrogens (primary N) is 2. The van der Waals surface area contributed by atoms with Crippen molar-refractivity contribution in [3.05, 3.63) is 58.8 Å². The normalized spacial score (nSPS) is 14.0. The van der Waals surface area contributed by atoms with Crippen LogP contribution in [0, 0.1) is 23.0 Å². The van der Waals surface area contributed by atoms with E-state index in [9.17, 15) is 5.26 Å². The molecule has 0 amide bonds. The molecule has 2 aromatic carbocycles. The highest BCUT2D eigenvalue weighted by Gasteiger charge is 2.44. The standard InChI is InChI=1S/C28H20F5N7O2S/c1-11(12-4-3-7-37-24(12)35)40-8-9-42-23-19-22(38-27(41-2)39-26(19)40)21(30)18(20(23)28(31,32)33)17-14(29)5-6-15-16(17)13(10-34)25(36)43-15/h3-7,11H,8-9,36H2,1-2H3,(H2,35,37)/t11-/m1/s1. The van der Waals surface area contributed by atoms with E-state index in [1.54, 1.807) is 30.0 Å². The van der Waals surface area contributed by atoms with E-state index in [-0.39, 0.29) is 56.8 Å². The Hall–Kier alpha value is -4.97. The smallest absolute Gasteiger partial charge is 0.420 e. The molecule has 15 heteroatoms. The summed E-state index contributed by atoms with van der Waals surface area (Å²) in [7, 11) is 1.21. The second-order valence-electron chi connectivity index (χ2n) is 9.59. The fourth-order valence-electron chi connectivity index (χ4n) is 5.43. The predicted molar refractivity (Wildman–Crippen MR) is 151 cm³/mol. The van der Waals surface area contributed by atoms with Gasteiger partial charge in [0.2, 0.25) is 0 Å². The summed E-state index contributed by atoms with van der Waals surface area (Å²) in [6, 6.07) is 6.34. The van der Waals surface area contributed by atoms with Crippen molar-refractivity contribution in [2.75, 3.05) is 36.6 Å². The number of rotatable bonds is 4. The summed E-state index contributed by atoms with van der Waals surface area (Å²) in [4.78, 5) is 14.1. The van der Waals surface area contributed by atoms with Crippen molar-refractivity contribution in [2.24, 2.45) is 0 Å². The molecule has 1 aliphatic heterocycles. The van der Waals surface area contributed by atoms with Crippen LogP contribution in [-0.2, 0) is 6.18 Å². The van der Waals surface area contributed by atoms with Gasteiger partial charge in [-0.2, -0.15) is 28.4 Å². The molecule has 0 unspecified atom stereocenters. The van der Waals surface area contributed by atoms with Gasteiger partial charge in [0.1, 0.15) is 52.0 Å². The van der Waals surface area contributed by atoms with E-state index >= 15 is 22.0 Å². The highest BCUT2D eigenvalue weighted by Crippen LogP contribution is 2.54. The summed E-state index contributed by atoms with van der Waals surface area (Å²) in [5, 5.41) is 9.04. The van der Waals surface area contributed by atoms with Crippen molar-refractivity contribution in [3.8, 4) is 29.0 Å². The van der Waals surface area contributed by atoms with E-state index in [1.165, 1.54) is 19.4 Å². The molecule has 0 spiro atoms. The number of anilines is 3. The van der Waals surface area contributed by atoms with Gasteiger partial charge in [-0.1, -0.05) is 6.07 Å². The molecular formula is C28H20F5N7O2S. The average molecular weight is 614 g/mol. The van der Waals surface area contributed by atoms with Gasteiger partial charge in [0.25, 0.3) is 0 Å². The number of methoxy groups -OCH3 is 1. The van der Waals surface area contributed by atoms with Crippen molar-refractivity contribution in [1.29, 1.82) is 5.26 Å². The Morgan fingerprint density at radius 1 is 1.14 bits per heavy atom. The lowest BCUT2D eigenvalue weighted by Gasteiger charge is -2.30. The maximum atomic E-state index is 16.8. The first kappa shape index (κ1) is 28.2. The highest BCUT2D eigenvalue weighted by atomic mass is 32.1. The van der Waals surface area contributed by atoms with E-state index in [0.717, 1.165) is 17.4 Å². The molecule has 1 aliphatic rings. The van der Waals surface area contributed by atoms with Gasteiger partial charge in [-0.15, -0.1) is 11.3 Å².